The molecule has 8 heteroatoms. The van der Waals surface area contributed by atoms with Crippen molar-refractivity contribution in [3.05, 3.63) is 12.2 Å². The minimum Gasteiger partial charge on any atom is -0.394 e. The number of aliphatic hydroxyl groups is 6. The van der Waals surface area contributed by atoms with E-state index >= 15 is 0 Å². The predicted octanol–water partition coefficient (Wildman–Crippen LogP) is -2.89. The summed E-state index contributed by atoms with van der Waals surface area (Å²) in [4.78, 5) is 0. The van der Waals surface area contributed by atoms with E-state index in [0.717, 1.165) is 0 Å². The van der Waals surface area contributed by atoms with E-state index in [1.165, 1.54) is 12.2 Å². The molecule has 24 heavy (non-hydrogen) atoms. The van der Waals surface area contributed by atoms with E-state index in [4.69, 9.17) is 19.7 Å². The Morgan fingerprint density at radius 1 is 1.08 bits per heavy atom. The van der Waals surface area contributed by atoms with Gasteiger partial charge in [-0.25, -0.2) is 0 Å². The fourth-order valence-corrected chi connectivity index (χ4v) is 1.88. The standard InChI is InChI=1S/C16H22O8/c17-8-5-3-1-2-4-6-11(19)7-9-23-16-15(22)14(21)13(20)12(10-18)24-16/h3,5,11-22H,7-10H2. The lowest BCUT2D eigenvalue weighted by atomic mass is 9.99. The molecule has 0 bridgehead atoms. The zero-order chi connectivity index (χ0) is 17.9. The summed E-state index contributed by atoms with van der Waals surface area (Å²) in [5.74, 6) is 9.90. The van der Waals surface area contributed by atoms with Crippen molar-refractivity contribution in [2.75, 3.05) is 19.8 Å². The van der Waals surface area contributed by atoms with Crippen molar-refractivity contribution in [2.45, 2.75) is 43.2 Å². The lowest BCUT2D eigenvalue weighted by Gasteiger charge is -2.39. The van der Waals surface area contributed by atoms with Gasteiger partial charge < -0.3 is 40.1 Å². The summed E-state index contributed by atoms with van der Waals surface area (Å²) in [5, 5.41) is 56.1. The van der Waals surface area contributed by atoms with Gasteiger partial charge in [-0.15, -0.1) is 0 Å². The smallest absolute Gasteiger partial charge is 0.186 e. The first-order valence-corrected chi connectivity index (χ1v) is 7.38. The molecular weight excluding hydrogens is 320 g/mol. The highest BCUT2D eigenvalue weighted by Gasteiger charge is 2.43. The Morgan fingerprint density at radius 3 is 2.50 bits per heavy atom. The van der Waals surface area contributed by atoms with Gasteiger partial charge in [0.1, 0.15) is 30.5 Å². The van der Waals surface area contributed by atoms with E-state index in [2.05, 4.69) is 23.7 Å². The van der Waals surface area contributed by atoms with Crippen LogP contribution in [-0.4, -0.2) is 87.3 Å². The van der Waals surface area contributed by atoms with E-state index in [-0.39, 0.29) is 19.6 Å². The lowest BCUT2D eigenvalue weighted by Crippen LogP contribution is -2.59. The molecule has 1 saturated heterocycles. The summed E-state index contributed by atoms with van der Waals surface area (Å²) in [7, 11) is 0. The zero-order valence-electron chi connectivity index (χ0n) is 12.9. The van der Waals surface area contributed by atoms with Crippen LogP contribution in [0.1, 0.15) is 6.42 Å². The first-order chi connectivity index (χ1) is 11.5. The Hall–Kier alpha value is -1.46. The zero-order valence-corrected chi connectivity index (χ0v) is 12.9. The molecule has 134 valence electrons. The van der Waals surface area contributed by atoms with E-state index in [1.54, 1.807) is 0 Å². The number of hydrogen-bond acceptors (Lipinski definition) is 8. The van der Waals surface area contributed by atoms with Crippen LogP contribution >= 0.6 is 0 Å². The Labute approximate surface area is 140 Å². The summed E-state index contributed by atoms with van der Waals surface area (Å²) < 4.78 is 10.4. The molecule has 6 unspecified atom stereocenters. The molecule has 6 N–H and O–H groups in total. The van der Waals surface area contributed by atoms with Crippen LogP contribution in [-0.2, 0) is 9.47 Å². The Balaban J connectivity index is 2.39. The van der Waals surface area contributed by atoms with Gasteiger partial charge in [-0.05, 0) is 17.9 Å². The van der Waals surface area contributed by atoms with Gasteiger partial charge in [-0.3, -0.25) is 0 Å². The Morgan fingerprint density at radius 2 is 1.83 bits per heavy atom. The van der Waals surface area contributed by atoms with Crippen LogP contribution < -0.4 is 0 Å². The molecule has 1 heterocycles. The Bertz CT molecular complexity index is 510. The van der Waals surface area contributed by atoms with Crippen molar-refractivity contribution in [3.63, 3.8) is 0 Å². The second-order valence-electron chi connectivity index (χ2n) is 5.00. The summed E-state index contributed by atoms with van der Waals surface area (Å²) in [6.45, 7) is -0.682. The first-order valence-electron chi connectivity index (χ1n) is 7.38. The minimum atomic E-state index is -1.51. The lowest BCUT2D eigenvalue weighted by molar-refractivity contribution is -0.301. The summed E-state index contributed by atoms with van der Waals surface area (Å²) in [5.41, 5.74) is 0. The molecular formula is C16H22O8. The van der Waals surface area contributed by atoms with Crippen molar-refractivity contribution in [3.8, 4) is 23.7 Å². The normalized spacial score (nSPS) is 31.0. The second-order valence-corrected chi connectivity index (χ2v) is 5.00. The third-order valence-electron chi connectivity index (χ3n) is 3.20. The third-order valence-corrected chi connectivity index (χ3v) is 3.20. The Kier molecular flexibility index (Phi) is 9.57. The topological polar surface area (TPSA) is 140 Å². The third kappa shape index (κ3) is 6.57. The average Bonchev–Trinajstić information content (AvgIpc) is 2.58. The van der Waals surface area contributed by atoms with Crippen LogP contribution in [0.3, 0.4) is 0 Å². The molecule has 1 aliphatic rings. The van der Waals surface area contributed by atoms with E-state index in [0.29, 0.717) is 0 Å². The molecule has 0 aromatic carbocycles. The highest BCUT2D eigenvalue weighted by molar-refractivity contribution is 5.31. The molecule has 6 atom stereocenters. The van der Waals surface area contributed by atoms with Crippen molar-refractivity contribution < 1.29 is 40.1 Å². The molecule has 1 fully saturated rings. The molecule has 0 aliphatic carbocycles. The van der Waals surface area contributed by atoms with Crippen LogP contribution in [0.25, 0.3) is 0 Å². The SMILES string of the molecule is OCC=CC#CC#CC(O)CCOC1OC(CO)C(O)C(O)C1O. The van der Waals surface area contributed by atoms with Crippen LogP contribution in [0.15, 0.2) is 12.2 Å². The molecule has 1 rings (SSSR count). The maximum atomic E-state index is 9.76. The van der Waals surface area contributed by atoms with E-state index in [9.17, 15) is 20.4 Å². The molecule has 0 amide bonds. The van der Waals surface area contributed by atoms with Gasteiger partial charge >= 0.3 is 0 Å². The minimum absolute atomic E-state index is 0.0314. The predicted molar refractivity (Wildman–Crippen MR) is 82.1 cm³/mol. The van der Waals surface area contributed by atoms with Gasteiger partial charge in [0.15, 0.2) is 6.29 Å². The summed E-state index contributed by atoms with van der Waals surface area (Å²) in [6.07, 6.45) is -4.72. The maximum Gasteiger partial charge on any atom is 0.186 e. The van der Waals surface area contributed by atoms with Crippen molar-refractivity contribution in [2.24, 2.45) is 0 Å². The van der Waals surface area contributed by atoms with Crippen molar-refractivity contribution in [1.29, 1.82) is 0 Å². The van der Waals surface area contributed by atoms with Gasteiger partial charge in [0.2, 0.25) is 0 Å². The number of hydrogen-bond donors (Lipinski definition) is 6. The van der Waals surface area contributed by atoms with E-state index in [1.807, 2.05) is 0 Å². The summed E-state index contributed by atoms with van der Waals surface area (Å²) in [6, 6.07) is 0. The van der Waals surface area contributed by atoms with Gasteiger partial charge in [-0.2, -0.15) is 0 Å². The molecule has 0 spiro atoms. The highest BCUT2D eigenvalue weighted by Crippen LogP contribution is 2.22. The number of aliphatic hydroxyl groups excluding tert-OH is 6. The molecule has 0 aromatic heterocycles. The van der Waals surface area contributed by atoms with Crippen LogP contribution in [0.5, 0.6) is 0 Å². The molecule has 0 radical (unpaired) electrons. The van der Waals surface area contributed by atoms with E-state index < -0.39 is 43.4 Å². The average molecular weight is 342 g/mol. The largest absolute Gasteiger partial charge is 0.394 e. The van der Waals surface area contributed by atoms with Gasteiger partial charge in [-0.1, -0.05) is 17.9 Å². The molecule has 1 aliphatic heterocycles. The molecule has 8 nitrogen and oxygen atoms in total. The maximum absolute atomic E-state index is 9.76. The number of rotatable bonds is 6. The first kappa shape index (κ1) is 20.6. The van der Waals surface area contributed by atoms with Crippen LogP contribution in [0.2, 0.25) is 0 Å². The van der Waals surface area contributed by atoms with Gasteiger partial charge in [0.05, 0.1) is 19.8 Å². The fraction of sp³-hybridized carbons (Fsp3) is 0.625. The molecule has 0 aromatic rings. The van der Waals surface area contributed by atoms with Gasteiger partial charge in [0, 0.05) is 6.42 Å². The number of allylic oxidation sites excluding steroid dienone is 1. The monoisotopic (exact) mass is 342 g/mol. The second kappa shape index (κ2) is 11.2. The van der Waals surface area contributed by atoms with Crippen molar-refractivity contribution >= 4 is 0 Å². The number of ether oxygens (including phenoxy) is 2. The summed E-state index contributed by atoms with van der Waals surface area (Å²) >= 11 is 0. The molecule has 0 saturated carbocycles. The quantitative estimate of drug-likeness (QED) is 0.283. The van der Waals surface area contributed by atoms with Crippen LogP contribution in [0, 0.1) is 23.7 Å². The van der Waals surface area contributed by atoms with Crippen LogP contribution in [0.4, 0.5) is 0 Å². The highest BCUT2D eigenvalue weighted by atomic mass is 16.7. The van der Waals surface area contributed by atoms with Crippen molar-refractivity contribution in [1.82, 2.24) is 0 Å². The fourth-order valence-electron chi connectivity index (χ4n) is 1.88. The van der Waals surface area contributed by atoms with Gasteiger partial charge in [0.25, 0.3) is 0 Å².